The summed E-state index contributed by atoms with van der Waals surface area (Å²) in [6.07, 6.45) is 42.5. The quantitative estimate of drug-likeness (QED) is 0.0446. The molecule has 0 radical (unpaired) electrons. The third kappa shape index (κ3) is 28.7. The Hall–Kier alpha value is 0.766. The topological polar surface area (TPSA) is 57.2 Å². The molecule has 246 valence electrons. The van der Waals surface area contributed by atoms with Gasteiger partial charge in [0.05, 0.1) is 4.90 Å². The van der Waals surface area contributed by atoms with Gasteiger partial charge in [0, 0.05) is 0 Å². The summed E-state index contributed by atoms with van der Waals surface area (Å²) in [4.78, 5) is -0.0413. The minimum atomic E-state index is -4.37. The van der Waals surface area contributed by atoms with Crippen LogP contribution in [0.25, 0.3) is 0 Å². The second-order valence-electron chi connectivity index (χ2n) is 13.1. The molecule has 0 amide bonds. The predicted molar refractivity (Wildman–Crippen MR) is 182 cm³/mol. The van der Waals surface area contributed by atoms with Gasteiger partial charge in [0.25, 0.3) is 0 Å². The van der Waals surface area contributed by atoms with E-state index in [4.69, 9.17) is 0 Å². The fourth-order valence-corrected chi connectivity index (χ4v) is 7.03. The molecule has 0 fully saturated rings. The molecule has 1 aromatic rings. The number of benzene rings is 1. The van der Waals surface area contributed by atoms with Gasteiger partial charge in [0.1, 0.15) is 10.1 Å². The Morgan fingerprint density at radius 1 is 0.442 bits per heavy atom. The summed E-state index contributed by atoms with van der Waals surface area (Å²) >= 11 is 0. The Morgan fingerprint density at radius 3 is 0.977 bits per heavy atom. The largest absolute Gasteiger partial charge is 1.00 e. The number of rotatable bonds is 32. The third-order valence-corrected chi connectivity index (χ3v) is 9.98. The first-order valence-corrected chi connectivity index (χ1v) is 20.0. The molecule has 0 spiro atoms. The van der Waals surface area contributed by atoms with E-state index in [1.54, 1.807) is 12.1 Å². The van der Waals surface area contributed by atoms with Gasteiger partial charge in [-0.25, -0.2) is 8.42 Å². The van der Waals surface area contributed by atoms with Crippen LogP contribution in [0.15, 0.2) is 29.2 Å². The Labute approximate surface area is 312 Å². The van der Waals surface area contributed by atoms with Crippen molar-refractivity contribution >= 4 is 10.1 Å². The van der Waals surface area contributed by atoms with Crippen LogP contribution in [0, 0.1) is 0 Å². The number of unbranched alkanes of at least 4 members (excludes halogenated alkanes) is 29. The van der Waals surface area contributed by atoms with Crippen molar-refractivity contribution in [3.63, 3.8) is 0 Å². The van der Waals surface area contributed by atoms with Crippen molar-refractivity contribution in [2.75, 3.05) is 0 Å². The van der Waals surface area contributed by atoms with Crippen molar-refractivity contribution < 1.29 is 64.4 Å². The van der Waals surface area contributed by atoms with Crippen molar-refractivity contribution in [1.29, 1.82) is 0 Å². The molecule has 0 aliphatic carbocycles. The Bertz CT molecular complexity index is 811. The van der Waals surface area contributed by atoms with Gasteiger partial charge >= 0.3 is 51.4 Å². The van der Waals surface area contributed by atoms with E-state index >= 15 is 0 Å². The molecule has 0 atom stereocenters. The molecule has 43 heavy (non-hydrogen) atoms. The van der Waals surface area contributed by atoms with Gasteiger partial charge in [-0.2, -0.15) is 0 Å². The van der Waals surface area contributed by atoms with Crippen LogP contribution in [0.5, 0.6) is 0 Å². The zero-order chi connectivity index (χ0) is 30.4. The average Bonchev–Trinajstić information content (AvgIpc) is 2.98. The van der Waals surface area contributed by atoms with E-state index in [0.717, 1.165) is 12.8 Å². The zero-order valence-corrected chi connectivity index (χ0v) is 32.8. The average molecular weight is 645 g/mol. The summed E-state index contributed by atoms with van der Waals surface area (Å²) < 4.78 is 34.1. The molecule has 0 unspecified atom stereocenters. The molecule has 0 aromatic heterocycles. The molecule has 0 N–H and O–H groups in total. The van der Waals surface area contributed by atoms with Crippen molar-refractivity contribution in [1.82, 2.24) is 0 Å². The first-order chi connectivity index (χ1) is 20.6. The monoisotopic (exact) mass is 644 g/mol. The second-order valence-corrected chi connectivity index (χ2v) is 14.4. The van der Waals surface area contributed by atoms with E-state index in [2.05, 4.69) is 6.92 Å². The molecule has 3 nitrogen and oxygen atoms in total. The molecular formula is C38H69KO3S. The molecule has 0 aliphatic heterocycles. The van der Waals surface area contributed by atoms with Crippen LogP contribution in [-0.2, 0) is 16.5 Å². The van der Waals surface area contributed by atoms with Crippen LogP contribution >= 0.6 is 0 Å². The molecule has 0 saturated heterocycles. The van der Waals surface area contributed by atoms with E-state index < -0.39 is 10.1 Å². The Balaban J connectivity index is 0.0000176. The second kappa shape index (κ2) is 32.7. The van der Waals surface area contributed by atoms with Gasteiger partial charge in [-0.05, 0) is 24.5 Å². The van der Waals surface area contributed by atoms with E-state index in [0.29, 0.717) is 12.0 Å². The first kappa shape index (κ1) is 43.8. The fraction of sp³-hybridized carbons (Fsp3) is 0.842. The summed E-state index contributed by atoms with van der Waals surface area (Å²) in [6, 6.07) is 6.64. The Morgan fingerprint density at radius 2 is 0.698 bits per heavy atom. The van der Waals surface area contributed by atoms with Crippen LogP contribution in [0.3, 0.4) is 0 Å². The first-order valence-electron chi connectivity index (χ1n) is 18.6. The van der Waals surface area contributed by atoms with Gasteiger partial charge in [-0.3, -0.25) is 0 Å². The van der Waals surface area contributed by atoms with E-state index in [1.165, 1.54) is 186 Å². The number of hydrogen-bond donors (Lipinski definition) is 0. The predicted octanol–water partition coefficient (Wildman–Crippen LogP) is 9.86. The molecule has 1 aromatic carbocycles. The van der Waals surface area contributed by atoms with Gasteiger partial charge in [-0.1, -0.05) is 211 Å². The van der Waals surface area contributed by atoms with Crippen molar-refractivity contribution in [2.45, 2.75) is 211 Å². The summed E-state index contributed by atoms with van der Waals surface area (Å²) in [6.45, 7) is 2.30. The van der Waals surface area contributed by atoms with E-state index in [9.17, 15) is 13.0 Å². The zero-order valence-electron chi connectivity index (χ0n) is 28.9. The normalized spacial score (nSPS) is 11.6. The maximum atomic E-state index is 11.4. The number of hydrogen-bond acceptors (Lipinski definition) is 3. The minimum Gasteiger partial charge on any atom is -0.744 e. The summed E-state index contributed by atoms with van der Waals surface area (Å²) in [5, 5.41) is 0. The van der Waals surface area contributed by atoms with Gasteiger partial charge in [0.2, 0.25) is 0 Å². The van der Waals surface area contributed by atoms with Gasteiger partial charge < -0.3 is 4.55 Å². The van der Waals surface area contributed by atoms with Crippen LogP contribution in [0.2, 0.25) is 0 Å². The summed E-state index contributed by atoms with van der Waals surface area (Å²) in [5.41, 5.74) is 0.674. The van der Waals surface area contributed by atoms with Gasteiger partial charge in [-0.15, -0.1) is 0 Å². The molecular weight excluding hydrogens is 576 g/mol. The van der Waals surface area contributed by atoms with Crippen molar-refractivity contribution in [3.8, 4) is 0 Å². The maximum absolute atomic E-state index is 11.4. The fourth-order valence-electron chi connectivity index (χ4n) is 6.29. The van der Waals surface area contributed by atoms with Crippen LogP contribution in [-0.4, -0.2) is 13.0 Å². The van der Waals surface area contributed by atoms with Crippen LogP contribution in [0.4, 0.5) is 0 Å². The Kier molecular flexibility index (Phi) is 33.3. The SMILES string of the molecule is CCCCCCCCCCCCCCCCCCCCCCCCCCCCCCCCc1ccccc1S(=O)(=O)[O-].[K+]. The van der Waals surface area contributed by atoms with Crippen LogP contribution < -0.4 is 51.4 Å². The van der Waals surface area contributed by atoms with E-state index in [1.807, 2.05) is 6.07 Å². The molecule has 0 heterocycles. The smallest absolute Gasteiger partial charge is 0.744 e. The summed E-state index contributed by atoms with van der Waals surface area (Å²) in [5.74, 6) is 0. The minimum absolute atomic E-state index is 0. The summed E-state index contributed by atoms with van der Waals surface area (Å²) in [7, 11) is -4.37. The maximum Gasteiger partial charge on any atom is 1.00 e. The standard InChI is InChI=1S/C38H70O3S.K/c1-2-3-4-5-6-7-8-9-10-11-12-13-14-15-16-17-18-19-20-21-22-23-24-25-26-27-28-29-30-31-34-37-35-32-33-36-38(37)42(39,40)41;/h32-33,35-36H,2-31,34H2,1H3,(H,39,40,41);/q;+1/p-1. The molecule has 0 saturated carbocycles. The molecule has 1 rings (SSSR count). The van der Waals surface area contributed by atoms with Crippen molar-refractivity contribution in [3.05, 3.63) is 29.8 Å². The van der Waals surface area contributed by atoms with Gasteiger partial charge in [0.15, 0.2) is 0 Å². The molecule has 5 heteroatoms. The number of aryl methyl sites for hydroxylation is 1. The molecule has 0 aliphatic rings. The third-order valence-electron chi connectivity index (χ3n) is 9.04. The van der Waals surface area contributed by atoms with Crippen molar-refractivity contribution in [2.24, 2.45) is 0 Å². The molecule has 0 bridgehead atoms. The van der Waals surface area contributed by atoms with E-state index in [-0.39, 0.29) is 56.3 Å². The van der Waals surface area contributed by atoms with Crippen LogP contribution in [0.1, 0.15) is 205 Å².